The number of hydrogen-bond acceptors (Lipinski definition) is 5. The molecule has 3 aliphatic carbocycles. The van der Waals surface area contributed by atoms with Crippen LogP contribution in [0.25, 0.3) is 10.4 Å². The maximum Gasteiger partial charge on any atom is 0.230 e. The standard InChI is InChI=1S/C40H56N2O3SSi/c1-27-23-32(19-22-37(27)44-5)29-13-11-28(12-14-29)26-42(34-10-8-9-33(24-34)38-25-36(41-46-38)30-15-16-30)39(43)31-17-20-35(21-18-31)45-47(6,7)40(2,3)4/h8-10,19,22-25,28-31,35H,11-18,20-21,26H2,1-7H3. The summed E-state index contributed by atoms with van der Waals surface area (Å²) >= 11 is 1.60. The van der Waals surface area contributed by atoms with Crippen molar-refractivity contribution in [3.8, 4) is 16.2 Å². The van der Waals surface area contributed by atoms with Gasteiger partial charge in [0.1, 0.15) is 5.75 Å². The number of benzene rings is 2. The number of ether oxygens (including phenoxy) is 1. The van der Waals surface area contributed by atoms with Gasteiger partial charge in [-0.2, -0.15) is 4.37 Å². The molecule has 1 amide bonds. The predicted molar refractivity (Wildman–Crippen MR) is 198 cm³/mol. The van der Waals surface area contributed by atoms with Gasteiger partial charge in [0.25, 0.3) is 0 Å². The number of hydrogen-bond donors (Lipinski definition) is 0. The fourth-order valence-electron chi connectivity index (χ4n) is 7.48. The van der Waals surface area contributed by atoms with Crippen LogP contribution in [0.4, 0.5) is 5.69 Å². The molecule has 3 fully saturated rings. The zero-order chi connectivity index (χ0) is 33.3. The van der Waals surface area contributed by atoms with Gasteiger partial charge in [-0.05, 0) is 154 Å². The highest BCUT2D eigenvalue weighted by molar-refractivity contribution is 7.09. The summed E-state index contributed by atoms with van der Waals surface area (Å²) in [5.41, 5.74) is 6.09. The highest BCUT2D eigenvalue weighted by Crippen LogP contribution is 2.44. The van der Waals surface area contributed by atoms with Crippen molar-refractivity contribution in [3.63, 3.8) is 0 Å². The maximum absolute atomic E-state index is 14.5. The highest BCUT2D eigenvalue weighted by atomic mass is 32.1. The number of rotatable bonds is 10. The van der Waals surface area contributed by atoms with Crippen molar-refractivity contribution in [2.45, 2.75) is 128 Å². The summed E-state index contributed by atoms with van der Waals surface area (Å²) in [5, 5.41) is 0.199. The zero-order valence-electron chi connectivity index (χ0n) is 29.8. The molecule has 254 valence electrons. The second-order valence-electron chi connectivity index (χ2n) is 16.2. The van der Waals surface area contributed by atoms with Crippen molar-refractivity contribution in [1.29, 1.82) is 0 Å². The van der Waals surface area contributed by atoms with Crippen LogP contribution in [0.3, 0.4) is 0 Å². The van der Waals surface area contributed by atoms with Crippen LogP contribution in [0.1, 0.15) is 114 Å². The Morgan fingerprint density at radius 3 is 2.26 bits per heavy atom. The number of anilines is 1. The van der Waals surface area contributed by atoms with Gasteiger partial charge in [-0.3, -0.25) is 4.79 Å². The van der Waals surface area contributed by atoms with E-state index in [4.69, 9.17) is 13.5 Å². The Morgan fingerprint density at radius 1 is 0.915 bits per heavy atom. The van der Waals surface area contributed by atoms with Gasteiger partial charge in [0.2, 0.25) is 5.91 Å². The molecular weight excluding hydrogens is 617 g/mol. The number of aryl methyl sites for hydroxylation is 1. The first-order valence-corrected chi connectivity index (χ1v) is 21.8. The van der Waals surface area contributed by atoms with E-state index in [1.54, 1.807) is 18.6 Å². The van der Waals surface area contributed by atoms with E-state index in [9.17, 15) is 4.79 Å². The van der Waals surface area contributed by atoms with Crippen LogP contribution >= 0.6 is 11.5 Å². The van der Waals surface area contributed by atoms with Crippen LogP contribution in [-0.4, -0.2) is 38.4 Å². The van der Waals surface area contributed by atoms with E-state index >= 15 is 0 Å². The highest BCUT2D eigenvalue weighted by Gasteiger charge is 2.41. The summed E-state index contributed by atoms with van der Waals surface area (Å²) in [6.45, 7) is 14.6. The van der Waals surface area contributed by atoms with E-state index in [0.717, 1.165) is 56.5 Å². The molecule has 0 atom stereocenters. The summed E-state index contributed by atoms with van der Waals surface area (Å²) in [6, 6.07) is 17.7. The van der Waals surface area contributed by atoms with Crippen LogP contribution in [0.2, 0.25) is 18.1 Å². The van der Waals surface area contributed by atoms with E-state index < -0.39 is 8.32 Å². The molecule has 0 unspecified atom stereocenters. The minimum absolute atomic E-state index is 0.0569. The third-order valence-corrected chi connectivity index (χ3v) is 17.1. The third kappa shape index (κ3) is 8.05. The smallest absolute Gasteiger partial charge is 0.230 e. The molecular formula is C40H56N2O3SSi. The van der Waals surface area contributed by atoms with Gasteiger partial charge in [0.15, 0.2) is 8.32 Å². The first kappa shape index (κ1) is 34.4. The van der Waals surface area contributed by atoms with Crippen molar-refractivity contribution in [1.82, 2.24) is 4.37 Å². The van der Waals surface area contributed by atoms with Crippen LogP contribution in [0, 0.1) is 18.8 Å². The third-order valence-electron chi connectivity index (χ3n) is 11.7. The Bertz CT molecular complexity index is 1520. The minimum Gasteiger partial charge on any atom is -0.496 e. The molecule has 3 aliphatic rings. The molecule has 3 saturated carbocycles. The maximum atomic E-state index is 14.5. The Hall–Kier alpha value is -2.48. The second kappa shape index (κ2) is 14.2. The Balaban J connectivity index is 1.17. The lowest BCUT2D eigenvalue weighted by Gasteiger charge is -2.41. The van der Waals surface area contributed by atoms with Gasteiger partial charge in [-0.1, -0.05) is 45.0 Å². The first-order chi connectivity index (χ1) is 22.4. The quantitative estimate of drug-likeness (QED) is 0.201. The molecule has 0 aliphatic heterocycles. The van der Waals surface area contributed by atoms with E-state index in [1.165, 1.54) is 52.9 Å². The normalized spacial score (nSPS) is 23.8. The average Bonchev–Trinajstić information content (AvgIpc) is 3.79. The van der Waals surface area contributed by atoms with E-state index in [2.05, 4.69) is 94.2 Å². The molecule has 0 radical (unpaired) electrons. The Labute approximate surface area is 288 Å². The molecule has 0 spiro atoms. The Morgan fingerprint density at radius 2 is 1.62 bits per heavy atom. The number of carbonyl (C=O) groups is 1. The second-order valence-corrected chi connectivity index (χ2v) is 21.7. The summed E-state index contributed by atoms with van der Waals surface area (Å²) in [7, 11) is -0.0862. The molecule has 0 saturated heterocycles. The fourth-order valence-corrected chi connectivity index (χ4v) is 9.71. The number of carbonyl (C=O) groups excluding carboxylic acids is 1. The van der Waals surface area contributed by atoms with Crippen molar-refractivity contribution in [2.24, 2.45) is 11.8 Å². The monoisotopic (exact) mass is 672 g/mol. The van der Waals surface area contributed by atoms with E-state index in [0.29, 0.717) is 23.7 Å². The van der Waals surface area contributed by atoms with Gasteiger partial charge in [-0.25, -0.2) is 0 Å². The van der Waals surface area contributed by atoms with Crippen LogP contribution in [0.5, 0.6) is 5.75 Å². The van der Waals surface area contributed by atoms with Gasteiger partial charge < -0.3 is 14.1 Å². The van der Waals surface area contributed by atoms with E-state index in [-0.39, 0.29) is 17.1 Å². The summed E-state index contributed by atoms with van der Waals surface area (Å²) in [5.74, 6) is 3.05. The zero-order valence-corrected chi connectivity index (χ0v) is 31.6. The van der Waals surface area contributed by atoms with Crippen molar-refractivity contribution >= 4 is 31.4 Å². The van der Waals surface area contributed by atoms with Gasteiger partial charge in [-0.15, -0.1) is 0 Å². The average molecular weight is 673 g/mol. The molecule has 6 rings (SSSR count). The molecule has 1 aromatic heterocycles. The van der Waals surface area contributed by atoms with Crippen LogP contribution in [0.15, 0.2) is 48.5 Å². The van der Waals surface area contributed by atoms with Gasteiger partial charge >= 0.3 is 0 Å². The molecule has 1 heterocycles. The van der Waals surface area contributed by atoms with Gasteiger partial charge in [0, 0.05) is 30.2 Å². The number of nitrogens with zero attached hydrogens (tertiary/aromatic N) is 2. The number of methoxy groups -OCH3 is 1. The molecule has 3 aromatic rings. The minimum atomic E-state index is -1.83. The SMILES string of the molecule is COc1ccc(C2CCC(CN(C(=O)C3CCC(O[Si](C)(C)C(C)(C)C)CC3)c3cccc(-c4cc(C5CC5)ns4)c3)CC2)cc1C. The molecule has 47 heavy (non-hydrogen) atoms. The number of amides is 1. The molecule has 7 heteroatoms. The first-order valence-electron chi connectivity index (χ1n) is 18.1. The fraction of sp³-hybridized carbons (Fsp3) is 0.600. The lowest BCUT2D eigenvalue weighted by Crippen LogP contribution is -2.46. The molecule has 2 aromatic carbocycles. The summed E-state index contributed by atoms with van der Waals surface area (Å²) < 4.78 is 17.1. The molecule has 0 bridgehead atoms. The largest absolute Gasteiger partial charge is 0.496 e. The molecule has 5 nitrogen and oxygen atoms in total. The summed E-state index contributed by atoms with van der Waals surface area (Å²) in [6.07, 6.45) is 11.2. The number of aromatic nitrogens is 1. The summed E-state index contributed by atoms with van der Waals surface area (Å²) in [4.78, 5) is 17.9. The Kier molecular flexibility index (Phi) is 10.4. The lowest BCUT2D eigenvalue weighted by molar-refractivity contribution is -0.124. The van der Waals surface area contributed by atoms with Crippen LogP contribution < -0.4 is 9.64 Å². The van der Waals surface area contributed by atoms with Gasteiger partial charge in [0.05, 0.1) is 17.7 Å². The predicted octanol–water partition coefficient (Wildman–Crippen LogP) is 10.9. The molecule has 0 N–H and O–H groups in total. The lowest BCUT2D eigenvalue weighted by atomic mass is 9.78. The van der Waals surface area contributed by atoms with Crippen LogP contribution in [-0.2, 0) is 9.22 Å². The van der Waals surface area contributed by atoms with Crippen molar-refractivity contribution in [2.75, 3.05) is 18.6 Å². The topological polar surface area (TPSA) is 51.7 Å². The van der Waals surface area contributed by atoms with Crippen molar-refractivity contribution in [3.05, 3.63) is 65.4 Å². The van der Waals surface area contributed by atoms with E-state index in [1.807, 2.05) is 0 Å². The van der Waals surface area contributed by atoms with Crippen molar-refractivity contribution < 1.29 is 14.0 Å².